The van der Waals surface area contributed by atoms with E-state index >= 15 is 0 Å². The van der Waals surface area contributed by atoms with Gasteiger partial charge < -0.3 is 15.3 Å². The zero-order valence-corrected chi connectivity index (χ0v) is 15.4. The molecule has 1 aromatic heterocycles. The van der Waals surface area contributed by atoms with Crippen LogP contribution in [0.2, 0.25) is 0 Å². The molecule has 2 atom stereocenters. The van der Waals surface area contributed by atoms with E-state index in [0.29, 0.717) is 13.1 Å². The van der Waals surface area contributed by atoms with E-state index in [0.717, 1.165) is 30.9 Å². The molecule has 1 aliphatic rings. The molecule has 1 fully saturated rings. The number of likely N-dealkylation sites (tertiary alicyclic amines) is 1. The fourth-order valence-electron chi connectivity index (χ4n) is 3.42. The first-order valence-electron chi connectivity index (χ1n) is 9.09. The topological polar surface area (TPSA) is 73.6 Å². The number of aromatic nitrogens is 2. The summed E-state index contributed by atoms with van der Waals surface area (Å²) in [5.41, 5.74) is 1.83. The highest BCUT2D eigenvalue weighted by Crippen LogP contribution is 2.19. The van der Waals surface area contributed by atoms with Gasteiger partial charge in [0.1, 0.15) is 0 Å². The molecule has 0 unspecified atom stereocenters. The Morgan fingerprint density at radius 1 is 1.35 bits per heavy atom. The van der Waals surface area contributed by atoms with Crippen molar-refractivity contribution in [3.8, 4) is 0 Å². The standard InChI is InChI=1S/C19H27N5O2/c1-3-22(11-12-24-10-6-9-20-24)17-13-23(14-18(17)25)19(26)21-16-8-5-4-7-15(16)2/h4-10,17-18,25H,3,11-14H2,1-2H3,(H,21,26)/t17-,18-/m0/s1. The summed E-state index contributed by atoms with van der Waals surface area (Å²) >= 11 is 0. The summed E-state index contributed by atoms with van der Waals surface area (Å²) in [7, 11) is 0. The Morgan fingerprint density at radius 3 is 2.85 bits per heavy atom. The average Bonchev–Trinajstić information content (AvgIpc) is 3.28. The smallest absolute Gasteiger partial charge is 0.321 e. The van der Waals surface area contributed by atoms with Gasteiger partial charge in [-0.25, -0.2) is 4.79 Å². The molecule has 2 heterocycles. The van der Waals surface area contributed by atoms with E-state index in [9.17, 15) is 9.90 Å². The lowest BCUT2D eigenvalue weighted by Gasteiger charge is -2.29. The number of para-hydroxylation sites is 1. The number of nitrogens with one attached hydrogen (secondary N) is 1. The second-order valence-electron chi connectivity index (χ2n) is 6.68. The predicted octanol–water partition coefficient (Wildman–Crippen LogP) is 1.79. The number of aliphatic hydroxyl groups excluding tert-OH is 1. The van der Waals surface area contributed by atoms with Crippen LogP contribution in [-0.2, 0) is 6.54 Å². The van der Waals surface area contributed by atoms with Gasteiger partial charge in [0, 0.05) is 31.2 Å². The van der Waals surface area contributed by atoms with Gasteiger partial charge >= 0.3 is 6.03 Å². The van der Waals surface area contributed by atoms with Crippen molar-refractivity contribution in [1.82, 2.24) is 19.6 Å². The van der Waals surface area contributed by atoms with E-state index < -0.39 is 6.10 Å². The normalized spacial score (nSPS) is 19.9. The number of carbonyl (C=O) groups excluding carboxylic acids is 1. The molecule has 0 saturated carbocycles. The maximum absolute atomic E-state index is 12.6. The van der Waals surface area contributed by atoms with Gasteiger partial charge in [-0.05, 0) is 31.2 Å². The Hall–Kier alpha value is -2.38. The van der Waals surface area contributed by atoms with Crippen LogP contribution in [0, 0.1) is 6.92 Å². The number of β-amino-alcohol motifs (C(OH)–C–C–N with tert-alkyl or cyclic N) is 1. The zero-order chi connectivity index (χ0) is 18.5. The first-order valence-corrected chi connectivity index (χ1v) is 9.09. The number of urea groups is 1. The second-order valence-corrected chi connectivity index (χ2v) is 6.68. The van der Waals surface area contributed by atoms with Crippen molar-refractivity contribution in [3.63, 3.8) is 0 Å². The van der Waals surface area contributed by atoms with E-state index in [1.165, 1.54) is 0 Å². The lowest BCUT2D eigenvalue weighted by atomic mass is 10.2. The number of hydrogen-bond acceptors (Lipinski definition) is 4. The van der Waals surface area contributed by atoms with Crippen LogP contribution in [0.5, 0.6) is 0 Å². The van der Waals surface area contributed by atoms with Crippen LogP contribution in [0.1, 0.15) is 12.5 Å². The van der Waals surface area contributed by atoms with Crippen molar-refractivity contribution >= 4 is 11.7 Å². The summed E-state index contributed by atoms with van der Waals surface area (Å²) in [6, 6.07) is 9.38. The summed E-state index contributed by atoms with van der Waals surface area (Å²) in [5, 5.41) is 17.7. The third kappa shape index (κ3) is 4.23. The maximum atomic E-state index is 12.6. The number of benzene rings is 1. The maximum Gasteiger partial charge on any atom is 0.321 e. The van der Waals surface area contributed by atoms with Gasteiger partial charge in [0.2, 0.25) is 0 Å². The fraction of sp³-hybridized carbons (Fsp3) is 0.474. The van der Waals surface area contributed by atoms with Crippen LogP contribution in [0.3, 0.4) is 0 Å². The summed E-state index contributed by atoms with van der Waals surface area (Å²) in [6.45, 7) is 7.27. The van der Waals surface area contributed by atoms with Crippen LogP contribution < -0.4 is 5.32 Å². The molecule has 7 heteroatoms. The zero-order valence-electron chi connectivity index (χ0n) is 15.4. The molecule has 3 rings (SSSR count). The van der Waals surface area contributed by atoms with Crippen LogP contribution in [0.25, 0.3) is 0 Å². The Kier molecular flexibility index (Phi) is 5.90. The monoisotopic (exact) mass is 357 g/mol. The number of likely N-dealkylation sites (N-methyl/N-ethyl adjacent to an activating group) is 1. The molecule has 7 nitrogen and oxygen atoms in total. The minimum absolute atomic E-state index is 0.0572. The third-order valence-electron chi connectivity index (χ3n) is 4.98. The number of carbonyl (C=O) groups is 1. The highest BCUT2D eigenvalue weighted by atomic mass is 16.3. The Morgan fingerprint density at radius 2 is 2.15 bits per heavy atom. The highest BCUT2D eigenvalue weighted by molar-refractivity contribution is 5.90. The van der Waals surface area contributed by atoms with E-state index in [1.54, 1.807) is 11.1 Å². The van der Waals surface area contributed by atoms with Gasteiger partial charge in [-0.15, -0.1) is 0 Å². The number of rotatable bonds is 6. The summed E-state index contributed by atoms with van der Waals surface area (Å²) in [6.07, 6.45) is 3.15. The lowest BCUT2D eigenvalue weighted by Crippen LogP contribution is -2.45. The number of hydrogen-bond donors (Lipinski definition) is 2. The van der Waals surface area contributed by atoms with Crippen LogP contribution in [0.15, 0.2) is 42.7 Å². The molecular weight excluding hydrogens is 330 g/mol. The summed E-state index contributed by atoms with van der Waals surface area (Å²) < 4.78 is 1.88. The van der Waals surface area contributed by atoms with E-state index in [-0.39, 0.29) is 12.1 Å². The van der Waals surface area contributed by atoms with Crippen LogP contribution in [0.4, 0.5) is 10.5 Å². The molecule has 0 bridgehead atoms. The molecule has 1 aromatic carbocycles. The predicted molar refractivity (Wildman–Crippen MR) is 101 cm³/mol. The van der Waals surface area contributed by atoms with Crippen molar-refractivity contribution in [2.75, 3.05) is 31.5 Å². The largest absolute Gasteiger partial charge is 0.390 e. The van der Waals surface area contributed by atoms with Crippen molar-refractivity contribution in [2.24, 2.45) is 0 Å². The van der Waals surface area contributed by atoms with Gasteiger partial charge in [0.25, 0.3) is 0 Å². The molecule has 0 spiro atoms. The SMILES string of the molecule is CCN(CCn1cccn1)[C@H]1CN(C(=O)Nc2ccccc2C)C[C@@H]1O. The Balaban J connectivity index is 1.58. The van der Waals surface area contributed by atoms with Crippen molar-refractivity contribution < 1.29 is 9.90 Å². The molecule has 0 radical (unpaired) electrons. The van der Waals surface area contributed by atoms with Gasteiger partial charge in [0.15, 0.2) is 0 Å². The Bertz CT molecular complexity index is 718. The van der Waals surface area contributed by atoms with E-state index in [1.807, 2.05) is 48.1 Å². The van der Waals surface area contributed by atoms with Gasteiger partial charge in [-0.3, -0.25) is 9.58 Å². The van der Waals surface area contributed by atoms with Crippen LogP contribution in [-0.4, -0.2) is 69.0 Å². The van der Waals surface area contributed by atoms with Crippen LogP contribution >= 0.6 is 0 Å². The number of aliphatic hydroxyl groups is 1. The molecule has 2 aromatic rings. The number of aryl methyl sites for hydroxylation is 1. The van der Waals surface area contributed by atoms with Gasteiger partial charge in [0.05, 0.1) is 25.2 Å². The molecule has 2 amide bonds. The summed E-state index contributed by atoms with van der Waals surface area (Å²) in [5.74, 6) is 0. The molecule has 140 valence electrons. The number of nitrogens with zero attached hydrogens (tertiary/aromatic N) is 4. The van der Waals surface area contributed by atoms with Gasteiger partial charge in [-0.2, -0.15) is 5.10 Å². The molecular formula is C19H27N5O2. The van der Waals surface area contributed by atoms with Gasteiger partial charge in [-0.1, -0.05) is 25.1 Å². The highest BCUT2D eigenvalue weighted by Gasteiger charge is 2.37. The lowest BCUT2D eigenvalue weighted by molar-refractivity contribution is 0.0832. The minimum Gasteiger partial charge on any atom is -0.390 e. The number of anilines is 1. The molecule has 0 aliphatic carbocycles. The Labute approximate surface area is 154 Å². The van der Waals surface area contributed by atoms with Crippen molar-refractivity contribution in [2.45, 2.75) is 32.5 Å². The first kappa shape index (κ1) is 18.4. The quantitative estimate of drug-likeness (QED) is 0.827. The van der Waals surface area contributed by atoms with E-state index in [4.69, 9.17) is 0 Å². The third-order valence-corrected chi connectivity index (χ3v) is 4.98. The van der Waals surface area contributed by atoms with E-state index in [2.05, 4.69) is 22.2 Å². The van der Waals surface area contributed by atoms with Crippen molar-refractivity contribution in [3.05, 3.63) is 48.3 Å². The average molecular weight is 357 g/mol. The number of amides is 2. The molecule has 1 saturated heterocycles. The second kappa shape index (κ2) is 8.33. The summed E-state index contributed by atoms with van der Waals surface area (Å²) in [4.78, 5) is 16.5. The minimum atomic E-state index is -0.546. The fourth-order valence-corrected chi connectivity index (χ4v) is 3.42. The first-order chi connectivity index (χ1) is 12.6. The molecule has 26 heavy (non-hydrogen) atoms. The van der Waals surface area contributed by atoms with Crippen molar-refractivity contribution in [1.29, 1.82) is 0 Å². The molecule has 2 N–H and O–H groups in total. The molecule has 1 aliphatic heterocycles.